The quantitative estimate of drug-likeness (QED) is 0.670. The number of benzene rings is 3. The van der Waals surface area contributed by atoms with E-state index in [1.807, 2.05) is 0 Å². The smallest absolute Gasteiger partial charge is 0.238 e. The van der Waals surface area contributed by atoms with E-state index in [1.54, 1.807) is 0 Å². The Morgan fingerprint density at radius 3 is 1.83 bits per heavy atom. The monoisotopic (exact) mass is 423 g/mol. The molecule has 29 heavy (non-hydrogen) atoms. The average Bonchev–Trinajstić information content (AvgIpc) is 2.69. The van der Waals surface area contributed by atoms with Crippen molar-refractivity contribution in [3.05, 3.63) is 66.0 Å². The number of sulfonamides is 1. The molecule has 152 valence electrons. The fourth-order valence-corrected chi connectivity index (χ4v) is 3.72. The van der Waals surface area contributed by atoms with Crippen molar-refractivity contribution in [3.8, 4) is 33.8 Å². The fraction of sp³-hybridized carbons (Fsp3) is 0.100. The number of rotatable bonds is 5. The van der Waals surface area contributed by atoms with Crippen LogP contribution < -0.4 is 14.6 Å². The predicted octanol–water partition coefficient (Wildman–Crippen LogP) is 4.10. The van der Waals surface area contributed by atoms with Crippen molar-refractivity contribution in [2.75, 3.05) is 14.2 Å². The van der Waals surface area contributed by atoms with Gasteiger partial charge in [-0.3, -0.25) is 0 Å². The maximum atomic E-state index is 14.3. The number of ether oxygens (including phenoxy) is 2. The summed E-state index contributed by atoms with van der Waals surface area (Å²) in [5, 5.41) is 5.28. The van der Waals surface area contributed by atoms with Gasteiger partial charge in [0.2, 0.25) is 15.8 Å². The van der Waals surface area contributed by atoms with E-state index < -0.39 is 27.5 Å². The van der Waals surface area contributed by atoms with Crippen LogP contribution >= 0.6 is 0 Å². The van der Waals surface area contributed by atoms with Crippen molar-refractivity contribution in [1.82, 2.24) is 0 Å². The summed E-state index contributed by atoms with van der Waals surface area (Å²) in [6.07, 6.45) is 0. The number of hydrogen-bond donors (Lipinski definition) is 1. The molecule has 0 unspecified atom stereocenters. The van der Waals surface area contributed by atoms with Crippen molar-refractivity contribution in [3.63, 3.8) is 0 Å². The highest BCUT2D eigenvalue weighted by Gasteiger charge is 2.22. The largest absolute Gasteiger partial charge is 0.494 e. The number of primary sulfonamides is 1. The number of hydrogen-bond acceptors (Lipinski definition) is 4. The minimum absolute atomic E-state index is 0.0456. The molecule has 0 atom stereocenters. The Balaban J connectivity index is 2.39. The standard InChI is InChI=1S/C20H16F3NO4S/c1-27-17-7-11(8-18(28-2)20(17)23)13-9-15(21)16(22)10-14(13)12-5-3-4-6-19(12)29(24,25)26/h3-10H,1-2H3,(H2,24,25,26). The summed E-state index contributed by atoms with van der Waals surface area (Å²) < 4.78 is 76.4. The molecule has 2 N–H and O–H groups in total. The van der Waals surface area contributed by atoms with Gasteiger partial charge in [-0.2, -0.15) is 4.39 Å². The number of halogens is 3. The summed E-state index contributed by atoms with van der Waals surface area (Å²) in [5.41, 5.74) is 0.422. The van der Waals surface area contributed by atoms with Crippen molar-refractivity contribution >= 4 is 10.0 Å². The summed E-state index contributed by atoms with van der Waals surface area (Å²) in [5.74, 6) is -3.49. The Morgan fingerprint density at radius 1 is 0.793 bits per heavy atom. The third-order valence-corrected chi connectivity index (χ3v) is 5.27. The molecule has 0 amide bonds. The van der Waals surface area contributed by atoms with Crippen molar-refractivity contribution < 1.29 is 31.1 Å². The zero-order chi connectivity index (χ0) is 21.3. The first-order chi connectivity index (χ1) is 13.7. The zero-order valence-corrected chi connectivity index (χ0v) is 16.2. The first-order valence-electron chi connectivity index (χ1n) is 8.20. The molecule has 3 aromatic rings. The second-order valence-electron chi connectivity index (χ2n) is 6.05. The predicted molar refractivity (Wildman–Crippen MR) is 102 cm³/mol. The first kappa shape index (κ1) is 20.7. The Kier molecular flexibility index (Phi) is 5.54. The van der Waals surface area contributed by atoms with E-state index in [-0.39, 0.29) is 38.6 Å². The Bertz CT molecular complexity index is 1170. The van der Waals surface area contributed by atoms with Gasteiger partial charge in [0.15, 0.2) is 23.1 Å². The van der Waals surface area contributed by atoms with Crippen LogP contribution in [0.15, 0.2) is 53.4 Å². The lowest BCUT2D eigenvalue weighted by atomic mass is 9.93. The van der Waals surface area contributed by atoms with Crippen LogP contribution in [0.4, 0.5) is 13.2 Å². The van der Waals surface area contributed by atoms with Gasteiger partial charge in [0, 0.05) is 5.56 Å². The van der Waals surface area contributed by atoms with Crippen LogP contribution in [0.5, 0.6) is 11.5 Å². The fourth-order valence-electron chi connectivity index (χ4n) is 2.97. The van der Waals surface area contributed by atoms with Crippen LogP contribution in [0.1, 0.15) is 0 Å². The van der Waals surface area contributed by atoms with Crippen LogP contribution in [-0.2, 0) is 10.0 Å². The van der Waals surface area contributed by atoms with Gasteiger partial charge >= 0.3 is 0 Å². The molecule has 0 aliphatic carbocycles. The van der Waals surface area contributed by atoms with Gasteiger partial charge < -0.3 is 9.47 Å². The molecule has 3 aromatic carbocycles. The molecule has 0 radical (unpaired) electrons. The van der Waals surface area contributed by atoms with Gasteiger partial charge in [-0.05, 0) is 47.0 Å². The molecule has 0 fully saturated rings. The summed E-state index contributed by atoms with van der Waals surface area (Å²) >= 11 is 0. The zero-order valence-electron chi connectivity index (χ0n) is 15.4. The van der Waals surface area contributed by atoms with Crippen molar-refractivity contribution in [2.24, 2.45) is 5.14 Å². The molecule has 0 aromatic heterocycles. The molecular formula is C20H16F3NO4S. The van der Waals surface area contributed by atoms with E-state index >= 15 is 0 Å². The lowest BCUT2D eigenvalue weighted by Gasteiger charge is -2.16. The average molecular weight is 423 g/mol. The molecular weight excluding hydrogens is 407 g/mol. The molecule has 0 saturated heterocycles. The Labute approximate surface area is 165 Å². The topological polar surface area (TPSA) is 78.6 Å². The lowest BCUT2D eigenvalue weighted by Crippen LogP contribution is -2.13. The Hall–Kier alpha value is -3.04. The molecule has 9 heteroatoms. The molecule has 0 aliphatic rings. The summed E-state index contributed by atoms with van der Waals surface area (Å²) in [4.78, 5) is -0.270. The third-order valence-electron chi connectivity index (χ3n) is 4.30. The summed E-state index contributed by atoms with van der Waals surface area (Å²) in [6.45, 7) is 0. The SMILES string of the molecule is COc1cc(-c2cc(F)c(F)cc2-c2ccccc2S(N)(=O)=O)cc(OC)c1F. The van der Waals surface area contributed by atoms with E-state index in [9.17, 15) is 21.6 Å². The third kappa shape index (κ3) is 3.92. The maximum absolute atomic E-state index is 14.3. The normalized spacial score (nSPS) is 11.4. The highest BCUT2D eigenvalue weighted by Crippen LogP contribution is 2.40. The van der Waals surface area contributed by atoms with Gasteiger partial charge in [-0.25, -0.2) is 22.3 Å². The number of methoxy groups -OCH3 is 2. The van der Waals surface area contributed by atoms with E-state index in [0.29, 0.717) is 0 Å². The van der Waals surface area contributed by atoms with Gasteiger partial charge in [0.25, 0.3) is 0 Å². The maximum Gasteiger partial charge on any atom is 0.238 e. The van der Waals surface area contributed by atoms with E-state index in [4.69, 9.17) is 14.6 Å². The number of nitrogens with two attached hydrogens (primary N) is 1. The second kappa shape index (κ2) is 7.76. The van der Waals surface area contributed by atoms with E-state index in [1.165, 1.54) is 50.6 Å². The second-order valence-corrected chi connectivity index (χ2v) is 7.58. The van der Waals surface area contributed by atoms with Gasteiger partial charge in [-0.15, -0.1) is 0 Å². The van der Waals surface area contributed by atoms with Gasteiger partial charge in [0.05, 0.1) is 19.1 Å². The molecule has 0 saturated carbocycles. The molecule has 0 spiro atoms. The molecule has 0 bridgehead atoms. The molecule has 0 heterocycles. The van der Waals surface area contributed by atoms with E-state index in [2.05, 4.69) is 0 Å². The van der Waals surface area contributed by atoms with E-state index in [0.717, 1.165) is 12.1 Å². The van der Waals surface area contributed by atoms with Crippen LogP contribution in [0.2, 0.25) is 0 Å². The molecule has 0 aliphatic heterocycles. The lowest BCUT2D eigenvalue weighted by molar-refractivity contribution is 0.351. The minimum atomic E-state index is -4.16. The van der Waals surface area contributed by atoms with Crippen molar-refractivity contribution in [1.29, 1.82) is 0 Å². The molecule has 3 rings (SSSR count). The van der Waals surface area contributed by atoms with Crippen molar-refractivity contribution in [2.45, 2.75) is 4.90 Å². The minimum Gasteiger partial charge on any atom is -0.494 e. The first-order valence-corrected chi connectivity index (χ1v) is 9.75. The molecule has 5 nitrogen and oxygen atoms in total. The van der Waals surface area contributed by atoms with Crippen LogP contribution in [0.3, 0.4) is 0 Å². The van der Waals surface area contributed by atoms with Crippen LogP contribution in [0.25, 0.3) is 22.3 Å². The van der Waals surface area contributed by atoms with Gasteiger partial charge in [-0.1, -0.05) is 18.2 Å². The Morgan fingerprint density at radius 2 is 1.31 bits per heavy atom. The highest BCUT2D eigenvalue weighted by atomic mass is 32.2. The van der Waals surface area contributed by atoms with Crippen LogP contribution in [-0.4, -0.2) is 22.6 Å². The summed E-state index contributed by atoms with van der Waals surface area (Å²) in [7, 11) is -1.68. The summed E-state index contributed by atoms with van der Waals surface area (Å²) in [6, 6.07) is 9.93. The van der Waals surface area contributed by atoms with Gasteiger partial charge in [0.1, 0.15) is 0 Å². The highest BCUT2D eigenvalue weighted by molar-refractivity contribution is 7.89. The van der Waals surface area contributed by atoms with Crippen LogP contribution in [0, 0.1) is 17.5 Å².